The van der Waals surface area contributed by atoms with Crippen LogP contribution in [0.2, 0.25) is 0 Å². The lowest BCUT2D eigenvalue weighted by molar-refractivity contribution is -0.135. The zero-order valence-electron chi connectivity index (χ0n) is 9.66. The van der Waals surface area contributed by atoms with Gasteiger partial charge >= 0.3 is 6.03 Å². The molecular weight excluding hydrogens is 234 g/mol. The van der Waals surface area contributed by atoms with Crippen molar-refractivity contribution in [2.75, 3.05) is 7.05 Å². The van der Waals surface area contributed by atoms with Crippen molar-refractivity contribution in [1.82, 2.24) is 10.2 Å². The topological polar surface area (TPSA) is 71.0 Å². The number of fused-ring (bicyclic) bond motifs is 1. The number of urea groups is 1. The van der Waals surface area contributed by atoms with Crippen LogP contribution in [-0.2, 0) is 9.63 Å². The van der Waals surface area contributed by atoms with Gasteiger partial charge in [-0.1, -0.05) is 35.5 Å². The summed E-state index contributed by atoms with van der Waals surface area (Å²) in [5, 5.41) is 6.51. The van der Waals surface area contributed by atoms with E-state index in [0.29, 0.717) is 5.71 Å². The lowest BCUT2D eigenvalue weighted by Gasteiger charge is -2.29. The van der Waals surface area contributed by atoms with Crippen LogP contribution in [0, 0.1) is 5.92 Å². The number of carbonyl (C=O) groups excluding carboxylic acids is 2. The summed E-state index contributed by atoms with van der Waals surface area (Å²) >= 11 is 0. The lowest BCUT2D eigenvalue weighted by atomic mass is 9.93. The molecular formula is C12H11N3O3. The Kier molecular flexibility index (Phi) is 2.29. The van der Waals surface area contributed by atoms with Crippen molar-refractivity contribution in [3.05, 3.63) is 35.9 Å². The number of hydrogen-bond donors (Lipinski definition) is 1. The Hall–Kier alpha value is -2.37. The molecule has 18 heavy (non-hydrogen) atoms. The van der Waals surface area contributed by atoms with Crippen molar-refractivity contribution >= 4 is 17.6 Å². The predicted molar refractivity (Wildman–Crippen MR) is 62.6 cm³/mol. The lowest BCUT2D eigenvalue weighted by Crippen LogP contribution is -2.59. The first-order valence-corrected chi connectivity index (χ1v) is 5.55. The largest absolute Gasteiger partial charge is 0.369 e. The highest BCUT2D eigenvalue weighted by atomic mass is 16.7. The minimum Gasteiger partial charge on any atom is -0.369 e. The minimum absolute atomic E-state index is 0.302. The van der Waals surface area contributed by atoms with Crippen LogP contribution in [-0.4, -0.2) is 35.8 Å². The van der Waals surface area contributed by atoms with E-state index in [1.54, 1.807) is 0 Å². The van der Waals surface area contributed by atoms with Crippen molar-refractivity contribution in [2.45, 2.75) is 6.23 Å². The van der Waals surface area contributed by atoms with Crippen molar-refractivity contribution in [3.8, 4) is 0 Å². The van der Waals surface area contributed by atoms with Gasteiger partial charge in [-0.15, -0.1) is 0 Å². The first kappa shape index (κ1) is 10.8. The summed E-state index contributed by atoms with van der Waals surface area (Å²) in [6, 6.07) is 8.85. The van der Waals surface area contributed by atoms with E-state index in [1.165, 1.54) is 7.05 Å². The average molecular weight is 245 g/mol. The molecule has 6 nitrogen and oxygen atoms in total. The van der Waals surface area contributed by atoms with Gasteiger partial charge in [0, 0.05) is 12.6 Å². The van der Waals surface area contributed by atoms with Gasteiger partial charge in [-0.3, -0.25) is 15.0 Å². The Balaban J connectivity index is 1.96. The third-order valence-electron chi connectivity index (χ3n) is 3.10. The van der Waals surface area contributed by atoms with Crippen molar-refractivity contribution in [1.29, 1.82) is 0 Å². The molecule has 2 heterocycles. The molecule has 3 rings (SSSR count). The number of oxime groups is 1. The summed E-state index contributed by atoms with van der Waals surface area (Å²) in [5.74, 6) is -0.876. The maximum Gasteiger partial charge on any atom is 0.326 e. The Morgan fingerprint density at radius 3 is 2.72 bits per heavy atom. The summed E-state index contributed by atoms with van der Waals surface area (Å²) in [6.07, 6.45) is -0.698. The van der Waals surface area contributed by atoms with E-state index >= 15 is 0 Å². The normalized spacial score (nSPS) is 26.3. The fraction of sp³-hybridized carbons (Fsp3) is 0.250. The number of hydrogen-bond acceptors (Lipinski definition) is 4. The highest BCUT2D eigenvalue weighted by Crippen LogP contribution is 2.26. The second kappa shape index (κ2) is 3.83. The molecule has 3 amide bonds. The minimum atomic E-state index is -0.698. The number of nitrogens with one attached hydrogen (secondary N) is 1. The second-order valence-corrected chi connectivity index (χ2v) is 4.19. The summed E-state index contributed by atoms with van der Waals surface area (Å²) < 4.78 is 0. The van der Waals surface area contributed by atoms with E-state index in [9.17, 15) is 9.59 Å². The summed E-state index contributed by atoms with van der Waals surface area (Å²) in [7, 11) is 1.44. The molecule has 2 aliphatic heterocycles. The molecule has 0 radical (unpaired) electrons. The molecule has 92 valence electrons. The molecule has 1 N–H and O–H groups in total. The van der Waals surface area contributed by atoms with Crippen molar-refractivity contribution in [3.63, 3.8) is 0 Å². The Labute approximate surface area is 103 Å². The molecule has 2 aliphatic rings. The first-order valence-electron chi connectivity index (χ1n) is 5.55. The summed E-state index contributed by atoms with van der Waals surface area (Å²) in [6.45, 7) is 0. The predicted octanol–water partition coefficient (Wildman–Crippen LogP) is 0.545. The van der Waals surface area contributed by atoms with Crippen LogP contribution in [0.25, 0.3) is 0 Å². The van der Waals surface area contributed by atoms with Gasteiger partial charge in [0.05, 0.1) is 0 Å². The number of carbonyl (C=O) groups is 2. The Morgan fingerprint density at radius 2 is 2.00 bits per heavy atom. The first-order chi connectivity index (χ1) is 8.68. The maximum absolute atomic E-state index is 12.1. The molecule has 1 fully saturated rings. The highest BCUT2D eigenvalue weighted by molar-refractivity contribution is 6.17. The number of amides is 3. The van der Waals surface area contributed by atoms with E-state index in [0.717, 1.165) is 10.5 Å². The van der Waals surface area contributed by atoms with E-state index in [-0.39, 0.29) is 5.91 Å². The summed E-state index contributed by atoms with van der Waals surface area (Å²) in [4.78, 5) is 29.7. The van der Waals surface area contributed by atoms with Gasteiger partial charge < -0.3 is 4.84 Å². The smallest absolute Gasteiger partial charge is 0.326 e. The second-order valence-electron chi connectivity index (χ2n) is 4.19. The summed E-state index contributed by atoms with van der Waals surface area (Å²) in [5.41, 5.74) is 1.38. The van der Waals surface area contributed by atoms with Crippen LogP contribution < -0.4 is 5.32 Å². The van der Waals surface area contributed by atoms with Gasteiger partial charge in [-0.05, 0) is 0 Å². The highest BCUT2D eigenvalue weighted by Gasteiger charge is 2.47. The van der Waals surface area contributed by atoms with Gasteiger partial charge in [0.15, 0.2) is 0 Å². The zero-order valence-corrected chi connectivity index (χ0v) is 9.66. The third kappa shape index (κ3) is 1.46. The molecule has 0 unspecified atom stereocenters. The number of imide groups is 1. The molecule has 6 heteroatoms. The fourth-order valence-electron chi connectivity index (χ4n) is 2.10. The Morgan fingerprint density at radius 1 is 1.28 bits per heavy atom. The van der Waals surface area contributed by atoms with E-state index in [2.05, 4.69) is 10.5 Å². The molecule has 1 aromatic carbocycles. The average Bonchev–Trinajstić information content (AvgIpc) is 2.81. The van der Waals surface area contributed by atoms with Crippen molar-refractivity contribution < 1.29 is 14.4 Å². The van der Waals surface area contributed by atoms with Crippen LogP contribution in [0.4, 0.5) is 4.79 Å². The van der Waals surface area contributed by atoms with Gasteiger partial charge in [0.1, 0.15) is 11.6 Å². The molecule has 2 atom stereocenters. The number of rotatable bonds is 1. The SMILES string of the molecule is CN1C(=O)N[C@H]2ON=C(c3ccccc3)[C@@H]2C1=O. The molecule has 0 bridgehead atoms. The molecule has 1 saturated heterocycles. The van der Waals surface area contributed by atoms with E-state index in [4.69, 9.17) is 4.84 Å². The van der Waals surface area contributed by atoms with Gasteiger partial charge in [0.2, 0.25) is 12.1 Å². The van der Waals surface area contributed by atoms with Gasteiger partial charge in [0.25, 0.3) is 0 Å². The van der Waals surface area contributed by atoms with Crippen LogP contribution in [0.1, 0.15) is 5.56 Å². The standard InChI is InChI=1S/C12H11N3O3/c1-15-11(16)8-9(7-5-3-2-4-6-7)14-18-10(8)13-12(15)17/h2-6,8,10H,1H3,(H,13,17)/t8-,10-/m0/s1. The number of nitrogens with zero attached hydrogens (tertiary/aromatic N) is 2. The van der Waals surface area contributed by atoms with Crippen molar-refractivity contribution in [2.24, 2.45) is 11.1 Å². The van der Waals surface area contributed by atoms with Gasteiger partial charge in [-0.2, -0.15) is 0 Å². The zero-order chi connectivity index (χ0) is 12.7. The quantitative estimate of drug-likeness (QED) is 0.785. The monoisotopic (exact) mass is 245 g/mol. The molecule has 0 aromatic heterocycles. The molecule has 0 spiro atoms. The molecule has 1 aromatic rings. The Bertz CT molecular complexity index is 541. The third-order valence-corrected chi connectivity index (χ3v) is 3.10. The van der Waals surface area contributed by atoms with Crippen LogP contribution >= 0.6 is 0 Å². The van der Waals surface area contributed by atoms with E-state index < -0.39 is 18.2 Å². The van der Waals surface area contributed by atoms with Crippen LogP contribution in [0.3, 0.4) is 0 Å². The van der Waals surface area contributed by atoms with E-state index in [1.807, 2.05) is 30.3 Å². The number of benzene rings is 1. The molecule has 0 saturated carbocycles. The maximum atomic E-state index is 12.1. The molecule has 0 aliphatic carbocycles. The van der Waals surface area contributed by atoms with Crippen LogP contribution in [0.5, 0.6) is 0 Å². The fourth-order valence-corrected chi connectivity index (χ4v) is 2.10. The van der Waals surface area contributed by atoms with Gasteiger partial charge in [-0.25, -0.2) is 4.79 Å². The van der Waals surface area contributed by atoms with Crippen LogP contribution in [0.15, 0.2) is 35.5 Å².